The van der Waals surface area contributed by atoms with Crippen LogP contribution in [0.5, 0.6) is 0 Å². The van der Waals surface area contributed by atoms with Gasteiger partial charge in [0.1, 0.15) is 11.5 Å². The first kappa shape index (κ1) is 12.6. The molecule has 0 radical (unpaired) electrons. The molecule has 0 aromatic carbocycles. The van der Waals surface area contributed by atoms with Crippen LogP contribution in [0.4, 0.5) is 0 Å². The van der Waals surface area contributed by atoms with Crippen molar-refractivity contribution >= 4 is 0 Å². The molecule has 0 aliphatic heterocycles. The van der Waals surface area contributed by atoms with Crippen LogP contribution < -0.4 is 0 Å². The molecule has 0 aromatic heterocycles. The molecule has 0 saturated heterocycles. The van der Waals surface area contributed by atoms with E-state index >= 15 is 0 Å². The second-order valence-electron chi connectivity index (χ2n) is 3.92. The zero-order valence-corrected chi connectivity index (χ0v) is 10.5. The summed E-state index contributed by atoms with van der Waals surface area (Å²) in [6, 6.07) is 0. The zero-order chi connectivity index (χ0) is 12.0. The second-order valence-corrected chi connectivity index (χ2v) is 3.92. The molecule has 86 valence electrons. The fourth-order valence-electron chi connectivity index (χ4n) is 1.37. The molecule has 0 fully saturated rings. The molecule has 1 nitrogen and oxygen atoms in total. The van der Waals surface area contributed by atoms with Crippen LogP contribution in [0.1, 0.15) is 27.7 Å². The Morgan fingerprint density at radius 1 is 1.31 bits per heavy atom. The maximum atomic E-state index is 5.76. The van der Waals surface area contributed by atoms with Crippen LogP contribution in [-0.4, -0.2) is 0 Å². The van der Waals surface area contributed by atoms with Gasteiger partial charge in [-0.05, 0) is 51.0 Å². The first-order valence-corrected chi connectivity index (χ1v) is 5.71. The average Bonchev–Trinajstić information content (AvgIpc) is 2.44. The summed E-state index contributed by atoms with van der Waals surface area (Å²) in [7, 11) is 0. The van der Waals surface area contributed by atoms with Gasteiger partial charge in [0.25, 0.3) is 0 Å². The Bertz CT molecular complexity index is 378. The Morgan fingerprint density at radius 2 is 2.06 bits per heavy atom. The van der Waals surface area contributed by atoms with Gasteiger partial charge in [0.2, 0.25) is 0 Å². The molecule has 1 atom stereocenters. The highest BCUT2D eigenvalue weighted by atomic mass is 16.5. The van der Waals surface area contributed by atoms with E-state index in [9.17, 15) is 0 Å². The van der Waals surface area contributed by atoms with Crippen LogP contribution in [-0.2, 0) is 4.74 Å². The summed E-state index contributed by atoms with van der Waals surface area (Å²) in [4.78, 5) is 0. The molecular weight excluding hydrogens is 196 g/mol. The molecule has 1 heteroatoms. The number of allylic oxidation sites excluding steroid dienone is 8. The van der Waals surface area contributed by atoms with E-state index in [1.54, 1.807) is 0 Å². The lowest BCUT2D eigenvalue weighted by Gasteiger charge is -2.06. The van der Waals surface area contributed by atoms with E-state index in [-0.39, 0.29) is 0 Å². The molecule has 1 rings (SSSR count). The number of hydrogen-bond donors (Lipinski definition) is 0. The van der Waals surface area contributed by atoms with E-state index in [4.69, 9.17) is 4.74 Å². The van der Waals surface area contributed by atoms with Crippen LogP contribution in [0.2, 0.25) is 0 Å². The monoisotopic (exact) mass is 216 g/mol. The third-order valence-corrected chi connectivity index (χ3v) is 2.63. The predicted octanol–water partition coefficient (Wildman–Crippen LogP) is 4.52. The highest BCUT2D eigenvalue weighted by Gasteiger charge is 2.04. The molecule has 1 unspecified atom stereocenters. The number of ether oxygens (including phenoxy) is 1. The third kappa shape index (κ3) is 3.58. The summed E-state index contributed by atoms with van der Waals surface area (Å²) in [5, 5.41) is 0. The highest BCUT2D eigenvalue weighted by molar-refractivity contribution is 5.30. The molecule has 0 amide bonds. The van der Waals surface area contributed by atoms with Gasteiger partial charge in [-0.25, -0.2) is 0 Å². The van der Waals surface area contributed by atoms with E-state index in [1.807, 2.05) is 44.2 Å². The SMILES string of the molecule is C/C=C\C(=C/C)OC1=CC=C(C)C(C)C=C1. The minimum absolute atomic E-state index is 0.480. The molecule has 0 saturated carbocycles. The van der Waals surface area contributed by atoms with Crippen molar-refractivity contribution in [1.29, 1.82) is 0 Å². The largest absolute Gasteiger partial charge is 0.458 e. The lowest BCUT2D eigenvalue weighted by molar-refractivity contribution is 0.335. The topological polar surface area (TPSA) is 9.23 Å². The first-order chi connectivity index (χ1) is 7.67. The van der Waals surface area contributed by atoms with Gasteiger partial charge in [0, 0.05) is 0 Å². The Balaban J connectivity index is 2.80. The Kier molecular flexibility index (Phi) is 4.84. The summed E-state index contributed by atoms with van der Waals surface area (Å²) in [5.41, 5.74) is 1.35. The smallest absolute Gasteiger partial charge is 0.127 e. The van der Waals surface area contributed by atoms with E-state index in [1.165, 1.54) is 5.57 Å². The summed E-state index contributed by atoms with van der Waals surface area (Å²) < 4.78 is 5.76. The Labute approximate surface area is 98.5 Å². The van der Waals surface area contributed by atoms with Gasteiger partial charge in [-0.2, -0.15) is 0 Å². The van der Waals surface area contributed by atoms with Gasteiger partial charge >= 0.3 is 0 Å². The van der Waals surface area contributed by atoms with Crippen molar-refractivity contribution in [2.45, 2.75) is 27.7 Å². The summed E-state index contributed by atoms with van der Waals surface area (Å²) >= 11 is 0. The van der Waals surface area contributed by atoms with Crippen molar-refractivity contribution in [1.82, 2.24) is 0 Å². The zero-order valence-electron chi connectivity index (χ0n) is 10.5. The van der Waals surface area contributed by atoms with Crippen molar-refractivity contribution in [3.05, 3.63) is 59.6 Å². The van der Waals surface area contributed by atoms with Crippen LogP contribution >= 0.6 is 0 Å². The molecule has 0 spiro atoms. The molecule has 0 aromatic rings. The van der Waals surface area contributed by atoms with Gasteiger partial charge in [-0.1, -0.05) is 30.7 Å². The van der Waals surface area contributed by atoms with E-state index in [0.717, 1.165) is 11.5 Å². The third-order valence-electron chi connectivity index (χ3n) is 2.63. The maximum absolute atomic E-state index is 5.76. The fraction of sp³-hybridized carbons (Fsp3) is 0.333. The Hall–Kier alpha value is -1.50. The molecule has 1 aliphatic carbocycles. The van der Waals surface area contributed by atoms with Crippen molar-refractivity contribution in [3.8, 4) is 0 Å². The normalized spacial score (nSPS) is 21.8. The van der Waals surface area contributed by atoms with Gasteiger partial charge < -0.3 is 4.74 Å². The van der Waals surface area contributed by atoms with Crippen LogP contribution in [0.15, 0.2) is 59.6 Å². The molecule has 1 aliphatic rings. The number of rotatable bonds is 3. The standard InChI is InChI=1S/C15H20O/c1-5-7-14(6-2)16-15-10-8-12(3)13(4)9-11-15/h5-12H,1-4H3/b7-5-,14-6+. The van der Waals surface area contributed by atoms with Gasteiger partial charge in [0.15, 0.2) is 0 Å². The predicted molar refractivity (Wildman–Crippen MR) is 69.8 cm³/mol. The summed E-state index contributed by atoms with van der Waals surface area (Å²) in [6.45, 7) is 8.27. The number of hydrogen-bond acceptors (Lipinski definition) is 1. The molecule has 0 heterocycles. The van der Waals surface area contributed by atoms with Gasteiger partial charge in [0.05, 0.1) is 0 Å². The summed E-state index contributed by atoms with van der Waals surface area (Å²) in [6.07, 6.45) is 14.2. The molecule has 16 heavy (non-hydrogen) atoms. The van der Waals surface area contributed by atoms with Gasteiger partial charge in [-0.3, -0.25) is 0 Å². The van der Waals surface area contributed by atoms with E-state index in [0.29, 0.717) is 5.92 Å². The van der Waals surface area contributed by atoms with Crippen LogP contribution in [0, 0.1) is 5.92 Å². The molecule has 0 N–H and O–H groups in total. The van der Waals surface area contributed by atoms with E-state index in [2.05, 4.69) is 26.0 Å². The first-order valence-electron chi connectivity index (χ1n) is 5.71. The lowest BCUT2D eigenvalue weighted by atomic mass is 10.0. The quantitative estimate of drug-likeness (QED) is 0.498. The highest BCUT2D eigenvalue weighted by Crippen LogP contribution is 2.19. The fourth-order valence-corrected chi connectivity index (χ4v) is 1.37. The summed E-state index contributed by atoms with van der Waals surface area (Å²) in [5.74, 6) is 2.24. The van der Waals surface area contributed by atoms with Gasteiger partial charge in [-0.15, -0.1) is 0 Å². The van der Waals surface area contributed by atoms with E-state index < -0.39 is 0 Å². The van der Waals surface area contributed by atoms with Crippen molar-refractivity contribution in [2.24, 2.45) is 5.92 Å². The maximum Gasteiger partial charge on any atom is 0.127 e. The van der Waals surface area contributed by atoms with Crippen molar-refractivity contribution in [3.63, 3.8) is 0 Å². The second kappa shape index (κ2) is 6.16. The Morgan fingerprint density at radius 3 is 2.69 bits per heavy atom. The molecule has 0 bridgehead atoms. The molecular formula is C15H20O. The van der Waals surface area contributed by atoms with Crippen LogP contribution in [0.25, 0.3) is 0 Å². The lowest BCUT2D eigenvalue weighted by Crippen LogP contribution is -1.89. The van der Waals surface area contributed by atoms with Crippen molar-refractivity contribution < 1.29 is 4.74 Å². The minimum Gasteiger partial charge on any atom is -0.458 e. The minimum atomic E-state index is 0.480. The van der Waals surface area contributed by atoms with Crippen LogP contribution in [0.3, 0.4) is 0 Å². The average molecular weight is 216 g/mol. The van der Waals surface area contributed by atoms with Crippen molar-refractivity contribution in [2.75, 3.05) is 0 Å².